The number of amides is 3. The minimum atomic E-state index is -0.965. The van der Waals surface area contributed by atoms with Crippen molar-refractivity contribution in [2.75, 3.05) is 20.6 Å². The number of aliphatic hydroxyl groups is 1. The van der Waals surface area contributed by atoms with Gasteiger partial charge in [-0.15, -0.1) is 11.8 Å². The molecule has 3 amide bonds. The van der Waals surface area contributed by atoms with Gasteiger partial charge in [0.25, 0.3) is 11.4 Å². The molecule has 2 fully saturated rings. The van der Waals surface area contributed by atoms with E-state index in [-0.39, 0.29) is 55.1 Å². The Hall–Kier alpha value is -5.03. The highest BCUT2D eigenvalue weighted by Gasteiger charge is 2.60. The summed E-state index contributed by atoms with van der Waals surface area (Å²) in [7, 11) is 3.13. The summed E-state index contributed by atoms with van der Waals surface area (Å²) < 4.78 is 11.1. The highest BCUT2D eigenvalue weighted by molar-refractivity contribution is 8.03. The molecular weight excluding hydrogens is 662 g/mol. The third-order valence-electron chi connectivity index (χ3n) is 8.85. The average Bonchev–Trinajstić information content (AvgIpc) is 3.59. The fraction of sp³-hybridized carbons (Fsp3) is 0.438. The first-order chi connectivity index (χ1) is 23.2. The van der Waals surface area contributed by atoms with E-state index in [1.165, 1.54) is 81.9 Å². The predicted octanol–water partition coefficient (Wildman–Crippen LogP) is 3.22. The number of ether oxygens (including phenoxy) is 2. The fourth-order valence-electron chi connectivity index (χ4n) is 6.34. The van der Waals surface area contributed by atoms with Crippen LogP contribution in [0.15, 0.2) is 59.1 Å². The molecule has 260 valence electrons. The number of hydrogen-bond acceptors (Lipinski definition) is 12. The van der Waals surface area contributed by atoms with E-state index >= 15 is 0 Å². The maximum atomic E-state index is 13.6. The number of β-lactam (4-membered cyclic amide) rings is 1. The van der Waals surface area contributed by atoms with E-state index < -0.39 is 57.2 Å². The summed E-state index contributed by atoms with van der Waals surface area (Å²) in [6, 6.07) is 9.66. The van der Waals surface area contributed by atoms with Gasteiger partial charge in [-0.3, -0.25) is 34.7 Å². The van der Waals surface area contributed by atoms with Crippen LogP contribution < -0.4 is 0 Å². The van der Waals surface area contributed by atoms with Crippen molar-refractivity contribution in [2.45, 2.75) is 56.9 Å². The molecule has 2 aromatic carbocycles. The number of nitro benzene ring substituents is 2. The van der Waals surface area contributed by atoms with Gasteiger partial charge in [-0.2, -0.15) is 0 Å². The number of likely N-dealkylation sites (N-methyl/N-ethyl adjacent to an activating group) is 1. The van der Waals surface area contributed by atoms with Gasteiger partial charge in [0, 0.05) is 61.0 Å². The van der Waals surface area contributed by atoms with Gasteiger partial charge in [-0.05, 0) is 48.7 Å². The summed E-state index contributed by atoms with van der Waals surface area (Å²) in [5.74, 6) is -2.66. The highest BCUT2D eigenvalue weighted by Crippen LogP contribution is 2.52. The van der Waals surface area contributed by atoms with Gasteiger partial charge in [0.2, 0.25) is 11.8 Å². The van der Waals surface area contributed by atoms with E-state index in [0.29, 0.717) is 16.0 Å². The van der Waals surface area contributed by atoms with Gasteiger partial charge in [-0.25, -0.2) is 9.59 Å². The number of carbonyl (C=O) groups excluding carboxylic acids is 4. The number of nitro groups is 2. The van der Waals surface area contributed by atoms with E-state index in [0.717, 1.165) is 0 Å². The number of nitrogens with zero attached hydrogens (tertiary/aromatic N) is 5. The lowest BCUT2D eigenvalue weighted by atomic mass is 9.79. The van der Waals surface area contributed by atoms with Crippen molar-refractivity contribution in [3.8, 4) is 0 Å². The summed E-state index contributed by atoms with van der Waals surface area (Å²) in [5, 5.41) is 31.9. The molecule has 0 aromatic heterocycles. The molecule has 3 heterocycles. The number of hydrogen-bond donors (Lipinski definition) is 1. The van der Waals surface area contributed by atoms with Crippen molar-refractivity contribution in [3.63, 3.8) is 0 Å². The van der Waals surface area contributed by atoms with Crippen molar-refractivity contribution >= 4 is 47.0 Å². The van der Waals surface area contributed by atoms with E-state index in [2.05, 4.69) is 0 Å². The van der Waals surface area contributed by atoms with Crippen molar-refractivity contribution in [2.24, 2.45) is 11.8 Å². The number of likely N-dealkylation sites (tertiary alicyclic amines) is 1. The smallest absolute Gasteiger partial charge is 0.410 e. The molecule has 0 radical (unpaired) electrons. The summed E-state index contributed by atoms with van der Waals surface area (Å²) in [4.78, 5) is 78.8. The quantitative estimate of drug-likeness (QED) is 0.156. The van der Waals surface area contributed by atoms with Gasteiger partial charge in [-0.1, -0.05) is 6.92 Å². The van der Waals surface area contributed by atoms with E-state index in [4.69, 9.17) is 9.47 Å². The Morgan fingerprint density at radius 1 is 0.980 bits per heavy atom. The number of fused-ring (bicyclic) bond motifs is 1. The Morgan fingerprint density at radius 3 is 2.00 bits per heavy atom. The lowest BCUT2D eigenvalue weighted by Gasteiger charge is -2.46. The predicted molar refractivity (Wildman–Crippen MR) is 173 cm³/mol. The molecule has 2 unspecified atom stereocenters. The van der Waals surface area contributed by atoms with Crippen LogP contribution >= 0.6 is 11.8 Å². The Kier molecular flexibility index (Phi) is 10.2. The molecule has 3 aliphatic heterocycles. The molecule has 6 atom stereocenters. The molecule has 2 saturated heterocycles. The molecular formula is C32H35N5O11S. The maximum Gasteiger partial charge on any atom is 0.410 e. The van der Waals surface area contributed by atoms with Gasteiger partial charge >= 0.3 is 12.1 Å². The van der Waals surface area contributed by atoms with Crippen LogP contribution in [0.2, 0.25) is 0 Å². The van der Waals surface area contributed by atoms with Crippen LogP contribution in [0, 0.1) is 32.1 Å². The van der Waals surface area contributed by atoms with Crippen LogP contribution in [0.1, 0.15) is 31.4 Å². The van der Waals surface area contributed by atoms with Crippen molar-refractivity contribution in [1.29, 1.82) is 0 Å². The monoisotopic (exact) mass is 697 g/mol. The number of benzene rings is 2. The zero-order valence-corrected chi connectivity index (χ0v) is 27.9. The summed E-state index contributed by atoms with van der Waals surface area (Å²) >= 11 is 1.27. The molecule has 49 heavy (non-hydrogen) atoms. The van der Waals surface area contributed by atoms with Crippen LogP contribution in [-0.2, 0) is 37.1 Å². The Balaban J connectivity index is 1.35. The first kappa shape index (κ1) is 35.3. The number of esters is 1. The molecule has 5 rings (SSSR count). The lowest BCUT2D eigenvalue weighted by Crippen LogP contribution is -2.63. The lowest BCUT2D eigenvalue weighted by molar-refractivity contribution is -0.385. The van der Waals surface area contributed by atoms with Crippen molar-refractivity contribution < 1.29 is 43.6 Å². The van der Waals surface area contributed by atoms with Crippen LogP contribution in [0.4, 0.5) is 16.2 Å². The van der Waals surface area contributed by atoms with E-state index in [1.54, 1.807) is 14.1 Å². The highest BCUT2D eigenvalue weighted by atomic mass is 32.2. The molecule has 3 aliphatic rings. The first-order valence-corrected chi connectivity index (χ1v) is 16.3. The topological polar surface area (TPSA) is 203 Å². The number of carbonyl (C=O) groups is 4. The van der Waals surface area contributed by atoms with Crippen LogP contribution in [0.25, 0.3) is 0 Å². The van der Waals surface area contributed by atoms with Gasteiger partial charge in [0.1, 0.15) is 25.0 Å². The zero-order valence-electron chi connectivity index (χ0n) is 27.1. The first-order valence-electron chi connectivity index (χ1n) is 15.4. The zero-order chi connectivity index (χ0) is 35.7. The fourth-order valence-corrected chi connectivity index (χ4v) is 7.86. The van der Waals surface area contributed by atoms with Crippen molar-refractivity contribution in [1.82, 2.24) is 14.7 Å². The molecule has 0 saturated carbocycles. The summed E-state index contributed by atoms with van der Waals surface area (Å²) in [6.07, 6.45) is -1.51. The van der Waals surface area contributed by atoms with Crippen molar-refractivity contribution in [3.05, 3.63) is 90.5 Å². The third-order valence-corrected chi connectivity index (χ3v) is 10.3. The molecule has 16 nitrogen and oxygen atoms in total. The minimum Gasteiger partial charge on any atom is -0.456 e. The summed E-state index contributed by atoms with van der Waals surface area (Å²) in [5.41, 5.74) is 0.814. The molecule has 0 bridgehead atoms. The van der Waals surface area contributed by atoms with Gasteiger partial charge < -0.3 is 24.4 Å². The van der Waals surface area contributed by atoms with Crippen LogP contribution in [0.5, 0.6) is 0 Å². The van der Waals surface area contributed by atoms with Crippen LogP contribution in [0.3, 0.4) is 0 Å². The number of rotatable bonds is 11. The van der Waals surface area contributed by atoms with Gasteiger partial charge in [0.05, 0.1) is 27.9 Å². The second-order valence-electron chi connectivity index (χ2n) is 12.3. The minimum absolute atomic E-state index is 0.0287. The number of aliphatic hydroxyl groups excluding tert-OH is 1. The normalized spacial score (nSPS) is 23.4. The second kappa shape index (κ2) is 14.2. The molecule has 2 aromatic rings. The Morgan fingerprint density at radius 2 is 1.51 bits per heavy atom. The SMILES string of the molecule is CC1C(SC2C[C@@H](C(=O)N(C)C)N(C(=O)OCc3ccc([N+](=O)[O-])cc3)C2)=C(C(=O)OCc2ccc([N+](=O)[O-])cc2)N2C(=O)[C@H]([C@@H](C)O)[C@@H]12. The standard InChI is InChI=1S/C32H35N5O11S/c1-17-26-25(18(2)38)30(40)35(26)27(31(41)47-15-19-5-9-21(10-6-19)36(43)44)28(17)49-23-13-24(29(39)33(3)4)34(14-23)32(42)48-16-20-7-11-22(12-8-20)37(45)46/h5-12,17-18,23-26,38H,13-16H2,1-4H3/t17?,18-,23?,24+,25-,26-/m1/s1. The molecule has 1 N–H and O–H groups in total. The maximum absolute atomic E-state index is 13.6. The van der Waals surface area contributed by atoms with Crippen LogP contribution in [-0.4, -0.2) is 97.6 Å². The molecule has 0 aliphatic carbocycles. The Labute approximate surface area is 284 Å². The van der Waals surface area contributed by atoms with E-state index in [9.17, 15) is 44.5 Å². The second-order valence-corrected chi connectivity index (χ2v) is 13.7. The van der Waals surface area contributed by atoms with Gasteiger partial charge in [0.15, 0.2) is 0 Å². The van der Waals surface area contributed by atoms with E-state index in [1.807, 2.05) is 6.92 Å². The third kappa shape index (κ3) is 7.07. The Bertz CT molecular complexity index is 1700. The molecule has 0 spiro atoms. The number of thioether (sulfide) groups is 1. The number of non-ortho nitro benzene ring substituents is 2. The average molecular weight is 698 g/mol. The largest absolute Gasteiger partial charge is 0.456 e. The summed E-state index contributed by atoms with van der Waals surface area (Å²) in [6.45, 7) is 3.04. The molecule has 17 heteroatoms.